The Morgan fingerprint density at radius 3 is 2.30 bits per heavy atom. The van der Waals surface area contributed by atoms with E-state index in [1.54, 1.807) is 7.05 Å². The Morgan fingerprint density at radius 1 is 1.15 bits per heavy atom. The summed E-state index contributed by atoms with van der Waals surface area (Å²) in [6, 6.07) is 10.4. The molecule has 0 aliphatic heterocycles. The Kier molecular flexibility index (Phi) is 4.77. The Labute approximate surface area is 119 Å². The van der Waals surface area contributed by atoms with Crippen LogP contribution in [0.2, 0.25) is 0 Å². The van der Waals surface area contributed by atoms with Crippen molar-refractivity contribution in [3.63, 3.8) is 0 Å². The molecular weight excluding hydrogens is 254 g/mol. The van der Waals surface area contributed by atoms with Crippen molar-refractivity contribution in [3.05, 3.63) is 35.9 Å². The third kappa shape index (κ3) is 3.59. The maximum atomic E-state index is 12.1. The highest BCUT2D eigenvalue weighted by Crippen LogP contribution is 2.36. The largest absolute Gasteiger partial charge is 0.480 e. The van der Waals surface area contributed by atoms with E-state index in [1.165, 1.54) is 10.5 Å². The number of aliphatic carboxylic acids is 1. The van der Waals surface area contributed by atoms with Crippen molar-refractivity contribution >= 4 is 11.9 Å². The van der Waals surface area contributed by atoms with E-state index in [2.05, 4.69) is 12.1 Å². The third-order valence-electron chi connectivity index (χ3n) is 4.10. The van der Waals surface area contributed by atoms with Crippen LogP contribution < -0.4 is 0 Å². The summed E-state index contributed by atoms with van der Waals surface area (Å²) < 4.78 is 0. The maximum Gasteiger partial charge on any atom is 0.323 e. The van der Waals surface area contributed by atoms with E-state index in [0.29, 0.717) is 5.92 Å². The van der Waals surface area contributed by atoms with Gasteiger partial charge in [-0.05, 0) is 37.2 Å². The van der Waals surface area contributed by atoms with Gasteiger partial charge in [-0.15, -0.1) is 0 Å². The number of carboxylic acids is 1. The molecule has 2 rings (SSSR count). The Balaban J connectivity index is 1.88. The van der Waals surface area contributed by atoms with Gasteiger partial charge in [-0.1, -0.05) is 30.3 Å². The van der Waals surface area contributed by atoms with Crippen molar-refractivity contribution in [2.24, 2.45) is 5.92 Å². The van der Waals surface area contributed by atoms with Gasteiger partial charge in [0, 0.05) is 13.0 Å². The average Bonchev–Trinajstić information content (AvgIpc) is 2.47. The number of nitrogens with zero attached hydrogens (tertiary/aromatic N) is 1. The summed E-state index contributed by atoms with van der Waals surface area (Å²) in [7, 11) is 1.57. The molecule has 0 heterocycles. The van der Waals surface area contributed by atoms with Gasteiger partial charge in [-0.3, -0.25) is 9.59 Å². The first kappa shape index (κ1) is 14.6. The van der Waals surface area contributed by atoms with Crippen LogP contribution in [0, 0.1) is 5.92 Å². The summed E-state index contributed by atoms with van der Waals surface area (Å²) in [6.07, 6.45) is 3.70. The van der Waals surface area contributed by atoms with Gasteiger partial charge in [0.2, 0.25) is 5.91 Å². The van der Waals surface area contributed by atoms with E-state index in [1.807, 2.05) is 18.2 Å². The summed E-state index contributed by atoms with van der Waals surface area (Å²) in [6.45, 7) is -0.211. The predicted octanol–water partition coefficient (Wildman–Crippen LogP) is 2.50. The lowest BCUT2D eigenvalue weighted by atomic mass is 9.78. The minimum absolute atomic E-state index is 0.0145. The quantitative estimate of drug-likeness (QED) is 0.918. The molecule has 1 aromatic carbocycles. The van der Waals surface area contributed by atoms with Crippen LogP contribution in [-0.2, 0) is 9.59 Å². The topological polar surface area (TPSA) is 57.6 Å². The summed E-state index contributed by atoms with van der Waals surface area (Å²) in [5.74, 6) is -0.470. The van der Waals surface area contributed by atoms with Crippen molar-refractivity contribution in [2.75, 3.05) is 13.6 Å². The zero-order valence-corrected chi connectivity index (χ0v) is 11.8. The van der Waals surface area contributed by atoms with Crippen LogP contribution >= 0.6 is 0 Å². The molecule has 1 amide bonds. The normalized spacial score (nSPS) is 22.2. The highest BCUT2D eigenvalue weighted by atomic mass is 16.4. The SMILES string of the molecule is CN(CC(=O)O)C(=O)C1CCC(c2ccccc2)CC1. The predicted molar refractivity (Wildman–Crippen MR) is 76.4 cm³/mol. The molecule has 1 aliphatic rings. The molecular formula is C16H21NO3. The number of carbonyl (C=O) groups excluding carboxylic acids is 1. The number of carboxylic acid groups (broad SMARTS) is 1. The van der Waals surface area contributed by atoms with Crippen molar-refractivity contribution < 1.29 is 14.7 Å². The average molecular weight is 275 g/mol. The van der Waals surface area contributed by atoms with Gasteiger partial charge >= 0.3 is 5.97 Å². The van der Waals surface area contributed by atoms with E-state index in [9.17, 15) is 9.59 Å². The first-order chi connectivity index (χ1) is 9.58. The zero-order valence-electron chi connectivity index (χ0n) is 11.8. The molecule has 108 valence electrons. The minimum atomic E-state index is -0.959. The molecule has 0 unspecified atom stereocenters. The first-order valence-electron chi connectivity index (χ1n) is 7.09. The van der Waals surface area contributed by atoms with Crippen LogP contribution in [0.3, 0.4) is 0 Å². The molecule has 4 heteroatoms. The Morgan fingerprint density at radius 2 is 1.75 bits per heavy atom. The van der Waals surface area contributed by atoms with Gasteiger partial charge in [0.15, 0.2) is 0 Å². The molecule has 1 aliphatic carbocycles. The third-order valence-corrected chi connectivity index (χ3v) is 4.10. The van der Waals surface area contributed by atoms with Crippen molar-refractivity contribution in [1.82, 2.24) is 4.90 Å². The summed E-state index contributed by atoms with van der Waals surface area (Å²) in [4.78, 5) is 24.1. The summed E-state index contributed by atoms with van der Waals surface area (Å²) >= 11 is 0. The molecule has 0 radical (unpaired) electrons. The number of carbonyl (C=O) groups is 2. The fraction of sp³-hybridized carbons (Fsp3) is 0.500. The maximum absolute atomic E-state index is 12.1. The van der Waals surface area contributed by atoms with Crippen LogP contribution in [0.5, 0.6) is 0 Å². The second-order valence-electron chi connectivity index (χ2n) is 5.55. The van der Waals surface area contributed by atoms with E-state index >= 15 is 0 Å². The fourth-order valence-electron chi connectivity index (χ4n) is 2.99. The smallest absolute Gasteiger partial charge is 0.323 e. The second-order valence-corrected chi connectivity index (χ2v) is 5.55. The monoisotopic (exact) mass is 275 g/mol. The van der Waals surface area contributed by atoms with Crippen molar-refractivity contribution in [2.45, 2.75) is 31.6 Å². The summed E-state index contributed by atoms with van der Waals surface area (Å²) in [5, 5.41) is 8.73. The van der Waals surface area contributed by atoms with Gasteiger partial charge in [0.05, 0.1) is 0 Å². The van der Waals surface area contributed by atoms with E-state index in [0.717, 1.165) is 25.7 Å². The van der Waals surface area contributed by atoms with Crippen molar-refractivity contribution in [1.29, 1.82) is 0 Å². The molecule has 0 spiro atoms. The fourth-order valence-corrected chi connectivity index (χ4v) is 2.99. The van der Waals surface area contributed by atoms with Crippen LogP contribution in [0.4, 0.5) is 0 Å². The number of likely N-dealkylation sites (N-methyl/N-ethyl adjacent to an activating group) is 1. The Hall–Kier alpha value is -1.84. The lowest BCUT2D eigenvalue weighted by Crippen LogP contribution is -2.37. The van der Waals surface area contributed by atoms with Gasteiger partial charge in [0.1, 0.15) is 6.54 Å². The van der Waals surface area contributed by atoms with Crippen molar-refractivity contribution in [3.8, 4) is 0 Å². The van der Waals surface area contributed by atoms with Crippen LogP contribution in [0.15, 0.2) is 30.3 Å². The van der Waals surface area contributed by atoms with Gasteiger partial charge in [-0.2, -0.15) is 0 Å². The standard InChI is InChI=1S/C16H21NO3/c1-17(11-15(18)19)16(20)14-9-7-13(8-10-14)12-5-3-2-4-6-12/h2-6,13-14H,7-11H2,1H3,(H,18,19). The lowest BCUT2D eigenvalue weighted by molar-refractivity contribution is -0.145. The number of hydrogen-bond donors (Lipinski definition) is 1. The van der Waals surface area contributed by atoms with Gasteiger partial charge < -0.3 is 10.0 Å². The highest BCUT2D eigenvalue weighted by Gasteiger charge is 2.29. The van der Waals surface area contributed by atoms with E-state index in [4.69, 9.17) is 5.11 Å². The molecule has 1 aromatic rings. The molecule has 1 N–H and O–H groups in total. The minimum Gasteiger partial charge on any atom is -0.480 e. The van der Waals surface area contributed by atoms with Crippen LogP contribution in [-0.4, -0.2) is 35.5 Å². The number of hydrogen-bond acceptors (Lipinski definition) is 2. The molecule has 0 aromatic heterocycles. The molecule has 4 nitrogen and oxygen atoms in total. The zero-order chi connectivity index (χ0) is 14.5. The number of benzene rings is 1. The molecule has 0 bridgehead atoms. The molecule has 20 heavy (non-hydrogen) atoms. The van der Waals surface area contributed by atoms with Crippen LogP contribution in [0.25, 0.3) is 0 Å². The second kappa shape index (κ2) is 6.55. The number of amides is 1. The molecule has 1 saturated carbocycles. The first-order valence-corrected chi connectivity index (χ1v) is 7.09. The molecule has 1 fully saturated rings. The van der Waals surface area contributed by atoms with E-state index in [-0.39, 0.29) is 18.4 Å². The van der Waals surface area contributed by atoms with Gasteiger partial charge in [0.25, 0.3) is 0 Å². The number of rotatable bonds is 4. The molecule has 0 atom stereocenters. The van der Waals surface area contributed by atoms with E-state index < -0.39 is 5.97 Å². The summed E-state index contributed by atoms with van der Waals surface area (Å²) in [5.41, 5.74) is 1.34. The Bertz CT molecular complexity index is 464. The van der Waals surface area contributed by atoms with Crippen LogP contribution in [0.1, 0.15) is 37.2 Å². The molecule has 0 saturated heterocycles. The highest BCUT2D eigenvalue weighted by molar-refractivity contribution is 5.82. The van der Waals surface area contributed by atoms with Gasteiger partial charge in [-0.25, -0.2) is 0 Å². The lowest BCUT2D eigenvalue weighted by Gasteiger charge is -2.30.